The quantitative estimate of drug-likeness (QED) is 0.655. The molecule has 0 saturated heterocycles. The molecule has 5 heteroatoms. The maximum atomic E-state index is 12.4. The van der Waals surface area contributed by atoms with Gasteiger partial charge in [0.05, 0.1) is 5.56 Å². The van der Waals surface area contributed by atoms with E-state index >= 15 is 0 Å². The number of alkyl halides is 4. The van der Waals surface area contributed by atoms with E-state index in [1.807, 2.05) is 16.8 Å². The molecule has 1 heterocycles. The van der Waals surface area contributed by atoms with Crippen LogP contribution in [0.2, 0.25) is 0 Å². The van der Waals surface area contributed by atoms with Gasteiger partial charge < -0.3 is 0 Å². The molecule has 0 amide bonds. The number of benzene rings is 1. The van der Waals surface area contributed by atoms with Gasteiger partial charge in [-0.1, -0.05) is 28.1 Å². The number of thiophene rings is 1. The van der Waals surface area contributed by atoms with Crippen molar-refractivity contribution in [2.24, 2.45) is 0 Å². The van der Waals surface area contributed by atoms with E-state index in [1.54, 1.807) is 11.3 Å². The molecule has 0 spiro atoms. The second-order valence-corrected chi connectivity index (χ2v) is 5.81. The predicted octanol–water partition coefficient (Wildman–Crippen LogP) is 5.45. The molecule has 2 aromatic rings. The van der Waals surface area contributed by atoms with Crippen molar-refractivity contribution in [3.05, 3.63) is 57.8 Å². The van der Waals surface area contributed by atoms with Gasteiger partial charge in [0.1, 0.15) is 0 Å². The lowest BCUT2D eigenvalue weighted by Gasteiger charge is -2.11. The summed E-state index contributed by atoms with van der Waals surface area (Å²) in [5.41, 5.74) is 1.43. The van der Waals surface area contributed by atoms with Gasteiger partial charge in [-0.3, -0.25) is 0 Å². The molecule has 0 bridgehead atoms. The largest absolute Gasteiger partial charge is 0.416 e. The van der Waals surface area contributed by atoms with Crippen LogP contribution in [-0.4, -0.2) is 0 Å². The Labute approximate surface area is 116 Å². The first kappa shape index (κ1) is 13.6. The van der Waals surface area contributed by atoms with Gasteiger partial charge in [0, 0.05) is 4.83 Å². The maximum Gasteiger partial charge on any atom is 0.416 e. The van der Waals surface area contributed by atoms with Crippen LogP contribution in [0.1, 0.15) is 21.5 Å². The minimum Gasteiger partial charge on any atom is -0.166 e. The van der Waals surface area contributed by atoms with Crippen molar-refractivity contribution >= 4 is 27.3 Å². The summed E-state index contributed by atoms with van der Waals surface area (Å²) in [5, 5.41) is 4.03. The molecular formula is C13H10BrF3S. The Morgan fingerprint density at radius 3 is 2.28 bits per heavy atom. The molecule has 0 aliphatic heterocycles. The predicted molar refractivity (Wildman–Crippen MR) is 71.1 cm³/mol. The van der Waals surface area contributed by atoms with E-state index in [4.69, 9.17) is 0 Å². The van der Waals surface area contributed by atoms with Gasteiger partial charge in [-0.25, -0.2) is 0 Å². The molecule has 1 unspecified atom stereocenters. The molecule has 96 valence electrons. The van der Waals surface area contributed by atoms with Gasteiger partial charge in [-0.05, 0) is 46.5 Å². The highest BCUT2D eigenvalue weighted by Crippen LogP contribution is 2.32. The zero-order valence-electron chi connectivity index (χ0n) is 9.25. The molecule has 0 radical (unpaired) electrons. The van der Waals surface area contributed by atoms with Crippen LogP contribution in [0.4, 0.5) is 13.2 Å². The van der Waals surface area contributed by atoms with Crippen LogP contribution in [0.3, 0.4) is 0 Å². The summed E-state index contributed by atoms with van der Waals surface area (Å²) in [5.74, 6) is 0. The van der Waals surface area contributed by atoms with Crippen molar-refractivity contribution in [1.82, 2.24) is 0 Å². The summed E-state index contributed by atoms with van der Waals surface area (Å²) in [4.78, 5) is 0.0365. The molecule has 1 aromatic heterocycles. The monoisotopic (exact) mass is 334 g/mol. The van der Waals surface area contributed by atoms with Gasteiger partial charge in [-0.2, -0.15) is 24.5 Å². The van der Waals surface area contributed by atoms with Crippen LogP contribution in [0.5, 0.6) is 0 Å². The summed E-state index contributed by atoms with van der Waals surface area (Å²) in [6.45, 7) is 0. The highest BCUT2D eigenvalue weighted by Gasteiger charge is 2.30. The third-order valence-corrected chi connectivity index (χ3v) is 4.18. The van der Waals surface area contributed by atoms with E-state index in [-0.39, 0.29) is 4.83 Å². The lowest BCUT2D eigenvalue weighted by atomic mass is 10.0. The summed E-state index contributed by atoms with van der Waals surface area (Å²) < 4.78 is 37.2. The Hall–Kier alpha value is -0.810. The average Bonchev–Trinajstić information content (AvgIpc) is 2.81. The third kappa shape index (κ3) is 3.36. The van der Waals surface area contributed by atoms with E-state index in [0.717, 1.165) is 24.1 Å². The van der Waals surface area contributed by atoms with Gasteiger partial charge in [0.15, 0.2) is 0 Å². The van der Waals surface area contributed by atoms with Gasteiger partial charge in [0.25, 0.3) is 0 Å². The molecule has 0 aliphatic carbocycles. The molecule has 0 saturated carbocycles. The Bertz CT molecular complexity index is 488. The van der Waals surface area contributed by atoms with E-state index in [2.05, 4.69) is 15.9 Å². The van der Waals surface area contributed by atoms with Crippen molar-refractivity contribution in [2.75, 3.05) is 0 Å². The number of halogens is 4. The van der Waals surface area contributed by atoms with Gasteiger partial charge in [-0.15, -0.1) is 0 Å². The molecule has 2 rings (SSSR count). The normalized spacial score (nSPS) is 13.6. The van der Waals surface area contributed by atoms with Crippen LogP contribution in [0.15, 0.2) is 41.1 Å². The average molecular weight is 335 g/mol. The summed E-state index contributed by atoms with van der Waals surface area (Å²) in [7, 11) is 0. The fraction of sp³-hybridized carbons (Fsp3) is 0.231. The minimum absolute atomic E-state index is 0.0365. The lowest BCUT2D eigenvalue weighted by molar-refractivity contribution is -0.137. The number of hydrogen-bond acceptors (Lipinski definition) is 1. The molecule has 1 atom stereocenters. The maximum absolute atomic E-state index is 12.4. The van der Waals surface area contributed by atoms with Crippen LogP contribution in [0.25, 0.3) is 0 Å². The van der Waals surface area contributed by atoms with Crippen molar-refractivity contribution in [1.29, 1.82) is 0 Å². The molecule has 18 heavy (non-hydrogen) atoms. The zero-order valence-corrected chi connectivity index (χ0v) is 11.6. The summed E-state index contributed by atoms with van der Waals surface area (Å²) >= 11 is 5.12. The molecule has 0 fully saturated rings. The fourth-order valence-electron chi connectivity index (χ4n) is 1.61. The molecule has 1 aromatic carbocycles. The van der Waals surface area contributed by atoms with Crippen molar-refractivity contribution in [3.8, 4) is 0 Å². The SMILES string of the molecule is FC(F)(F)c1ccc(C(Br)Cc2ccsc2)cc1. The van der Waals surface area contributed by atoms with Crippen molar-refractivity contribution in [2.45, 2.75) is 17.4 Å². The first-order valence-corrected chi connectivity index (χ1v) is 7.15. The lowest BCUT2D eigenvalue weighted by Crippen LogP contribution is -2.05. The number of hydrogen-bond donors (Lipinski definition) is 0. The third-order valence-electron chi connectivity index (χ3n) is 2.59. The summed E-state index contributed by atoms with van der Waals surface area (Å²) in [6.07, 6.45) is -3.50. The molecule has 0 N–H and O–H groups in total. The van der Waals surface area contributed by atoms with E-state index in [1.165, 1.54) is 17.7 Å². The Morgan fingerprint density at radius 1 is 1.11 bits per heavy atom. The van der Waals surface area contributed by atoms with Crippen molar-refractivity contribution in [3.63, 3.8) is 0 Å². The first-order valence-electron chi connectivity index (χ1n) is 5.29. The molecule has 0 aliphatic rings. The second-order valence-electron chi connectivity index (χ2n) is 3.92. The topological polar surface area (TPSA) is 0 Å². The highest BCUT2D eigenvalue weighted by molar-refractivity contribution is 9.09. The van der Waals surface area contributed by atoms with E-state index in [0.29, 0.717) is 0 Å². The van der Waals surface area contributed by atoms with Crippen LogP contribution in [-0.2, 0) is 12.6 Å². The standard InChI is InChI=1S/C13H10BrF3S/c14-12(7-9-5-6-18-8-9)10-1-3-11(4-2-10)13(15,16)17/h1-6,8,12H,7H2. The Morgan fingerprint density at radius 2 is 1.78 bits per heavy atom. The van der Waals surface area contributed by atoms with E-state index < -0.39 is 11.7 Å². The van der Waals surface area contributed by atoms with Crippen LogP contribution < -0.4 is 0 Å². The Balaban J connectivity index is 2.10. The Kier molecular flexibility index (Phi) is 4.12. The molecule has 0 nitrogen and oxygen atoms in total. The highest BCUT2D eigenvalue weighted by atomic mass is 79.9. The fourth-order valence-corrected chi connectivity index (χ4v) is 2.98. The minimum atomic E-state index is -4.27. The first-order chi connectivity index (χ1) is 8.47. The van der Waals surface area contributed by atoms with Crippen LogP contribution in [0, 0.1) is 0 Å². The van der Waals surface area contributed by atoms with Gasteiger partial charge in [0.2, 0.25) is 0 Å². The number of rotatable bonds is 3. The van der Waals surface area contributed by atoms with Gasteiger partial charge >= 0.3 is 6.18 Å². The van der Waals surface area contributed by atoms with Crippen molar-refractivity contribution < 1.29 is 13.2 Å². The zero-order chi connectivity index (χ0) is 13.2. The van der Waals surface area contributed by atoms with E-state index in [9.17, 15) is 13.2 Å². The smallest absolute Gasteiger partial charge is 0.166 e. The second kappa shape index (κ2) is 5.45. The van der Waals surface area contributed by atoms with Crippen LogP contribution >= 0.6 is 27.3 Å². The molecular weight excluding hydrogens is 325 g/mol. The summed E-state index contributed by atoms with van der Waals surface area (Å²) in [6, 6.07) is 7.31.